The average Bonchev–Trinajstić information content (AvgIpc) is 2.48. The van der Waals surface area contributed by atoms with Gasteiger partial charge in [0.15, 0.2) is 0 Å². The van der Waals surface area contributed by atoms with Gasteiger partial charge in [-0.3, -0.25) is 14.9 Å². The molecule has 2 rings (SSSR count). The fraction of sp³-hybridized carbons (Fsp3) is 0.0667. The summed E-state index contributed by atoms with van der Waals surface area (Å²) in [5, 5.41) is 18.7. The van der Waals surface area contributed by atoms with Crippen molar-refractivity contribution in [3.05, 3.63) is 75.3 Å². The number of nitro benzene ring substituents is 1. The van der Waals surface area contributed by atoms with Crippen LogP contribution in [0.25, 0.3) is 0 Å². The Bertz CT molecular complexity index is 666. The van der Waals surface area contributed by atoms with Gasteiger partial charge >= 0.3 is 5.97 Å². The number of benzene rings is 2. The minimum Gasteiger partial charge on any atom is -0.478 e. The fourth-order valence-electron chi connectivity index (χ4n) is 1.47. The number of carboxylic acid groups (broad SMARTS) is 1. The van der Waals surface area contributed by atoms with Crippen LogP contribution in [0.4, 0.5) is 5.69 Å². The molecule has 114 valence electrons. The van der Waals surface area contributed by atoms with Gasteiger partial charge in [-0.25, -0.2) is 4.79 Å². The van der Waals surface area contributed by atoms with Gasteiger partial charge in [-0.2, -0.15) is 0 Å². The molecule has 2 aromatic rings. The normalized spacial score (nSPS) is 9.32. The summed E-state index contributed by atoms with van der Waals surface area (Å²) < 4.78 is 0. The predicted molar refractivity (Wildman–Crippen MR) is 79.8 cm³/mol. The first-order chi connectivity index (χ1) is 10.3. The van der Waals surface area contributed by atoms with Gasteiger partial charge < -0.3 is 10.8 Å². The first kappa shape index (κ1) is 16.8. The largest absolute Gasteiger partial charge is 0.478 e. The molecule has 0 spiro atoms. The van der Waals surface area contributed by atoms with E-state index in [0.29, 0.717) is 5.56 Å². The molecule has 0 saturated carbocycles. The highest BCUT2D eigenvalue weighted by atomic mass is 16.6. The summed E-state index contributed by atoms with van der Waals surface area (Å²) >= 11 is 0. The lowest BCUT2D eigenvalue weighted by Crippen LogP contribution is -2.10. The summed E-state index contributed by atoms with van der Waals surface area (Å²) in [6.45, 7) is 1.96. The maximum Gasteiger partial charge on any atom is 0.335 e. The van der Waals surface area contributed by atoms with Crippen LogP contribution in [0.3, 0.4) is 0 Å². The number of carbonyl (C=O) groups is 2. The standard InChI is InChI=1S/C8H9NO.C7H5NO4/c1-6-2-4-7(5-3-6)8(9)10;9-7(10)5-2-1-3-6(4-5)8(11)12/h2-5H,1H3,(H2,9,10);1-4H,(H,9,10). The molecule has 0 aliphatic heterocycles. The van der Waals surface area contributed by atoms with Crippen LogP contribution >= 0.6 is 0 Å². The molecule has 0 aliphatic rings. The van der Waals surface area contributed by atoms with Crippen molar-refractivity contribution < 1.29 is 19.6 Å². The van der Waals surface area contributed by atoms with Crippen molar-refractivity contribution in [2.45, 2.75) is 6.92 Å². The topological polar surface area (TPSA) is 124 Å². The number of nitrogens with zero attached hydrogens (tertiary/aromatic N) is 1. The Balaban J connectivity index is 0.000000224. The van der Waals surface area contributed by atoms with Gasteiger partial charge in [0.2, 0.25) is 5.91 Å². The molecule has 1 amide bonds. The van der Waals surface area contributed by atoms with Gasteiger partial charge in [0, 0.05) is 17.7 Å². The predicted octanol–water partition coefficient (Wildman–Crippen LogP) is 2.39. The van der Waals surface area contributed by atoms with Crippen LogP contribution in [0.15, 0.2) is 48.5 Å². The average molecular weight is 302 g/mol. The number of rotatable bonds is 3. The maximum atomic E-state index is 10.5. The third kappa shape index (κ3) is 5.04. The highest BCUT2D eigenvalue weighted by molar-refractivity contribution is 5.92. The quantitative estimate of drug-likeness (QED) is 0.665. The number of nitrogens with two attached hydrogens (primary N) is 1. The van der Waals surface area contributed by atoms with E-state index < -0.39 is 10.9 Å². The monoisotopic (exact) mass is 302 g/mol. The molecule has 0 fully saturated rings. The molecule has 0 bridgehead atoms. The summed E-state index contributed by atoms with van der Waals surface area (Å²) in [7, 11) is 0. The molecule has 0 aliphatic carbocycles. The highest BCUT2D eigenvalue weighted by Crippen LogP contribution is 2.12. The van der Waals surface area contributed by atoms with Crippen LogP contribution in [-0.2, 0) is 0 Å². The Kier molecular flexibility index (Phi) is 5.76. The second kappa shape index (κ2) is 7.53. The van der Waals surface area contributed by atoms with E-state index in [1.54, 1.807) is 12.1 Å². The number of amides is 1. The van der Waals surface area contributed by atoms with E-state index >= 15 is 0 Å². The van der Waals surface area contributed by atoms with E-state index in [2.05, 4.69) is 0 Å². The Morgan fingerprint density at radius 1 is 1.09 bits per heavy atom. The summed E-state index contributed by atoms with van der Waals surface area (Å²) in [5.74, 6) is -1.54. The van der Waals surface area contributed by atoms with Crippen molar-refractivity contribution >= 4 is 17.6 Å². The van der Waals surface area contributed by atoms with Crippen molar-refractivity contribution in [1.82, 2.24) is 0 Å². The van der Waals surface area contributed by atoms with E-state index in [4.69, 9.17) is 10.8 Å². The zero-order valence-corrected chi connectivity index (χ0v) is 11.7. The minimum atomic E-state index is -1.17. The second-order valence-corrected chi connectivity index (χ2v) is 4.34. The van der Waals surface area contributed by atoms with Crippen LogP contribution < -0.4 is 5.73 Å². The summed E-state index contributed by atoms with van der Waals surface area (Å²) in [4.78, 5) is 30.4. The lowest BCUT2D eigenvalue weighted by atomic mass is 10.1. The minimum absolute atomic E-state index is 0.0794. The molecule has 0 unspecified atom stereocenters. The number of hydrogen-bond donors (Lipinski definition) is 2. The van der Waals surface area contributed by atoms with Crippen LogP contribution in [0.1, 0.15) is 26.3 Å². The smallest absolute Gasteiger partial charge is 0.335 e. The summed E-state index contributed by atoms with van der Waals surface area (Å²) in [5.41, 5.74) is 6.42. The third-order valence-electron chi connectivity index (χ3n) is 2.64. The Morgan fingerprint density at radius 3 is 2.14 bits per heavy atom. The van der Waals surface area contributed by atoms with Crippen LogP contribution in [0.2, 0.25) is 0 Å². The van der Waals surface area contributed by atoms with Crippen LogP contribution in [0, 0.1) is 17.0 Å². The number of aryl methyl sites for hydroxylation is 1. The van der Waals surface area contributed by atoms with E-state index in [-0.39, 0.29) is 17.2 Å². The number of non-ortho nitro benzene ring substituents is 1. The Morgan fingerprint density at radius 2 is 1.68 bits per heavy atom. The van der Waals surface area contributed by atoms with Gasteiger partial charge in [-0.15, -0.1) is 0 Å². The van der Waals surface area contributed by atoms with Crippen molar-refractivity contribution in [2.75, 3.05) is 0 Å². The Hall–Kier alpha value is -3.22. The van der Waals surface area contributed by atoms with E-state index in [9.17, 15) is 19.7 Å². The van der Waals surface area contributed by atoms with Gasteiger partial charge in [0.05, 0.1) is 10.5 Å². The SMILES string of the molecule is Cc1ccc(C(N)=O)cc1.O=C(O)c1cccc([N+](=O)[O-])c1. The van der Waals surface area contributed by atoms with Crippen molar-refractivity contribution in [2.24, 2.45) is 5.73 Å². The number of aromatic carboxylic acids is 1. The molecule has 0 atom stereocenters. The van der Waals surface area contributed by atoms with E-state index in [1.807, 2.05) is 19.1 Å². The van der Waals surface area contributed by atoms with Gasteiger partial charge in [0.1, 0.15) is 0 Å². The maximum absolute atomic E-state index is 10.5. The van der Waals surface area contributed by atoms with Crippen molar-refractivity contribution in [1.29, 1.82) is 0 Å². The summed E-state index contributed by atoms with van der Waals surface area (Å²) in [6, 6.07) is 12.1. The molecule has 0 heterocycles. The highest BCUT2D eigenvalue weighted by Gasteiger charge is 2.09. The molecular formula is C15H14N2O5. The number of primary amides is 1. The number of carbonyl (C=O) groups excluding carboxylic acids is 1. The molecule has 7 heteroatoms. The number of nitro groups is 1. The van der Waals surface area contributed by atoms with Gasteiger partial charge in [-0.1, -0.05) is 23.8 Å². The van der Waals surface area contributed by atoms with Crippen molar-refractivity contribution in [3.63, 3.8) is 0 Å². The van der Waals surface area contributed by atoms with Crippen molar-refractivity contribution in [3.8, 4) is 0 Å². The molecule has 0 saturated heterocycles. The number of hydrogen-bond acceptors (Lipinski definition) is 4. The zero-order valence-electron chi connectivity index (χ0n) is 11.7. The first-order valence-electron chi connectivity index (χ1n) is 6.15. The molecule has 0 radical (unpaired) electrons. The lowest BCUT2D eigenvalue weighted by molar-refractivity contribution is -0.384. The van der Waals surface area contributed by atoms with Crippen LogP contribution in [0.5, 0.6) is 0 Å². The molecule has 7 nitrogen and oxygen atoms in total. The van der Waals surface area contributed by atoms with E-state index in [1.165, 1.54) is 18.2 Å². The molecule has 0 aromatic heterocycles. The lowest BCUT2D eigenvalue weighted by Gasteiger charge is -1.93. The molecule has 3 N–H and O–H groups in total. The van der Waals surface area contributed by atoms with Crippen LogP contribution in [-0.4, -0.2) is 21.9 Å². The fourth-order valence-corrected chi connectivity index (χ4v) is 1.47. The zero-order chi connectivity index (χ0) is 16.7. The van der Waals surface area contributed by atoms with E-state index in [0.717, 1.165) is 11.6 Å². The second-order valence-electron chi connectivity index (χ2n) is 4.34. The van der Waals surface area contributed by atoms with Gasteiger partial charge in [-0.05, 0) is 25.1 Å². The Labute approximate surface area is 126 Å². The molecule has 2 aromatic carbocycles. The third-order valence-corrected chi connectivity index (χ3v) is 2.64. The summed E-state index contributed by atoms with van der Waals surface area (Å²) in [6.07, 6.45) is 0. The van der Waals surface area contributed by atoms with Gasteiger partial charge in [0.25, 0.3) is 5.69 Å². The first-order valence-corrected chi connectivity index (χ1v) is 6.15. The molecule has 22 heavy (non-hydrogen) atoms. The molecular weight excluding hydrogens is 288 g/mol. The number of carboxylic acids is 1.